The van der Waals surface area contributed by atoms with Crippen LogP contribution in [0.3, 0.4) is 0 Å². The van der Waals surface area contributed by atoms with Gasteiger partial charge in [-0.3, -0.25) is 0 Å². The van der Waals surface area contributed by atoms with Crippen LogP contribution in [0.25, 0.3) is 0 Å². The van der Waals surface area contributed by atoms with E-state index in [2.05, 4.69) is 4.74 Å². The summed E-state index contributed by atoms with van der Waals surface area (Å²) >= 11 is 0. The van der Waals surface area contributed by atoms with Gasteiger partial charge < -0.3 is 25.0 Å². The van der Waals surface area contributed by atoms with Gasteiger partial charge in [0, 0.05) is 0 Å². The van der Waals surface area contributed by atoms with Crippen LogP contribution in [0.2, 0.25) is 0 Å². The highest BCUT2D eigenvalue weighted by atomic mass is 16.5. The van der Waals surface area contributed by atoms with Gasteiger partial charge in [-0.1, -0.05) is 12.1 Å². The maximum absolute atomic E-state index is 10.9. The molecule has 6 nitrogen and oxygen atoms in total. The Bertz CT molecular complexity index is 430. The van der Waals surface area contributed by atoms with Gasteiger partial charge >= 0.3 is 13.1 Å². The third kappa shape index (κ3) is 6.72. The lowest BCUT2D eigenvalue weighted by molar-refractivity contribution is -0.107. The monoisotopic (exact) mass is 298 g/mol. The van der Waals surface area contributed by atoms with Crippen molar-refractivity contribution >= 4 is 18.6 Å². The number of carbonyl (C=O) groups is 1. The number of hydrogen-bond acceptors (Lipinski definition) is 6. The van der Waals surface area contributed by atoms with E-state index >= 15 is 0 Å². The van der Waals surface area contributed by atoms with Crippen LogP contribution in [0, 0.1) is 0 Å². The number of rotatable bonds is 3. The molecule has 0 aliphatic carbocycles. The minimum Gasteiger partial charge on any atom is -0.465 e. The SMILES string of the molecule is CC(C)(O)C(C)(C)O.COC(=O)c1ccc(B(O)O)cc1. The van der Waals surface area contributed by atoms with Crippen molar-refractivity contribution in [3.8, 4) is 0 Å². The molecule has 1 aromatic carbocycles. The fourth-order valence-corrected chi connectivity index (χ4v) is 0.909. The Balaban J connectivity index is 0.000000433. The van der Waals surface area contributed by atoms with Crippen LogP contribution in [0.1, 0.15) is 38.1 Å². The molecule has 1 rings (SSSR count). The number of benzene rings is 1. The maximum atomic E-state index is 10.9. The molecule has 7 heteroatoms. The summed E-state index contributed by atoms with van der Waals surface area (Å²) in [6.45, 7) is 6.31. The van der Waals surface area contributed by atoms with Crippen LogP contribution < -0.4 is 5.46 Å². The zero-order valence-corrected chi connectivity index (χ0v) is 13.0. The number of ether oxygens (including phenoxy) is 1. The predicted molar refractivity (Wildman–Crippen MR) is 80.2 cm³/mol. The zero-order valence-electron chi connectivity index (χ0n) is 13.0. The van der Waals surface area contributed by atoms with Crippen molar-refractivity contribution in [2.45, 2.75) is 38.9 Å². The molecule has 0 aromatic heterocycles. The molecule has 0 bridgehead atoms. The Morgan fingerprint density at radius 3 is 1.62 bits per heavy atom. The highest BCUT2D eigenvalue weighted by Gasteiger charge is 2.31. The highest BCUT2D eigenvalue weighted by Crippen LogP contribution is 2.19. The van der Waals surface area contributed by atoms with Crippen molar-refractivity contribution in [2.24, 2.45) is 0 Å². The van der Waals surface area contributed by atoms with Gasteiger partial charge in [0.15, 0.2) is 0 Å². The Morgan fingerprint density at radius 2 is 1.38 bits per heavy atom. The number of methoxy groups -OCH3 is 1. The van der Waals surface area contributed by atoms with Crippen LogP contribution in [0.15, 0.2) is 24.3 Å². The van der Waals surface area contributed by atoms with E-state index < -0.39 is 24.3 Å². The Labute approximate surface area is 125 Å². The van der Waals surface area contributed by atoms with Crippen molar-refractivity contribution in [3.05, 3.63) is 29.8 Å². The molecule has 21 heavy (non-hydrogen) atoms. The summed E-state index contributed by atoms with van der Waals surface area (Å²) in [5.41, 5.74) is -1.29. The van der Waals surface area contributed by atoms with E-state index in [9.17, 15) is 4.79 Å². The molecule has 1 aromatic rings. The molecule has 0 saturated heterocycles. The molecular weight excluding hydrogens is 275 g/mol. The molecule has 0 spiro atoms. The normalized spacial score (nSPS) is 11.3. The van der Waals surface area contributed by atoms with Crippen molar-refractivity contribution in [2.75, 3.05) is 7.11 Å². The summed E-state index contributed by atoms with van der Waals surface area (Å²) in [6.07, 6.45) is 0. The van der Waals surface area contributed by atoms with Crippen molar-refractivity contribution < 1.29 is 29.8 Å². The Kier molecular flexibility index (Phi) is 7.05. The molecule has 0 heterocycles. The summed E-state index contributed by atoms with van der Waals surface area (Å²) < 4.78 is 4.47. The third-order valence-corrected chi connectivity index (χ3v) is 3.13. The minimum atomic E-state index is -1.51. The maximum Gasteiger partial charge on any atom is 0.488 e. The van der Waals surface area contributed by atoms with Gasteiger partial charge in [0.25, 0.3) is 0 Å². The largest absolute Gasteiger partial charge is 0.488 e. The highest BCUT2D eigenvalue weighted by molar-refractivity contribution is 6.58. The standard InChI is InChI=1S/C8H9BO4.C6H14O2/c1-13-8(10)6-2-4-7(5-3-6)9(11)12;1-5(2,7)6(3,4)8/h2-5,11-12H,1H3;7-8H,1-4H3. The summed E-state index contributed by atoms with van der Waals surface area (Å²) in [5, 5.41) is 35.7. The van der Waals surface area contributed by atoms with Crippen LogP contribution in [-0.2, 0) is 4.74 Å². The van der Waals surface area contributed by atoms with Crippen molar-refractivity contribution in [3.63, 3.8) is 0 Å². The number of aliphatic hydroxyl groups is 2. The van der Waals surface area contributed by atoms with Crippen LogP contribution >= 0.6 is 0 Å². The lowest BCUT2D eigenvalue weighted by Crippen LogP contribution is -2.44. The molecule has 0 aliphatic heterocycles. The van der Waals surface area contributed by atoms with E-state index in [4.69, 9.17) is 20.3 Å². The first-order chi connectivity index (χ1) is 9.40. The average molecular weight is 298 g/mol. The number of carbonyl (C=O) groups excluding carboxylic acids is 1. The summed E-state index contributed by atoms with van der Waals surface area (Å²) in [6, 6.07) is 5.86. The van der Waals surface area contributed by atoms with Gasteiger partial charge in [0.1, 0.15) is 0 Å². The van der Waals surface area contributed by atoms with E-state index in [-0.39, 0.29) is 0 Å². The van der Waals surface area contributed by atoms with E-state index in [0.717, 1.165) is 0 Å². The van der Waals surface area contributed by atoms with Gasteiger partial charge in [-0.2, -0.15) is 0 Å². The second-order valence-corrected chi connectivity index (χ2v) is 5.61. The number of esters is 1. The average Bonchev–Trinajstić information content (AvgIpc) is 2.36. The van der Waals surface area contributed by atoms with Gasteiger partial charge in [0.2, 0.25) is 0 Å². The Morgan fingerprint density at radius 1 is 1.00 bits per heavy atom. The van der Waals surface area contributed by atoms with Crippen LogP contribution in [0.4, 0.5) is 0 Å². The smallest absolute Gasteiger partial charge is 0.465 e. The number of hydrogen-bond donors (Lipinski definition) is 4. The van der Waals surface area contributed by atoms with Gasteiger partial charge in [-0.15, -0.1) is 0 Å². The summed E-state index contributed by atoms with van der Waals surface area (Å²) in [5.74, 6) is -0.445. The lowest BCUT2D eigenvalue weighted by Gasteiger charge is -2.31. The van der Waals surface area contributed by atoms with Gasteiger partial charge in [-0.05, 0) is 45.3 Å². The summed E-state index contributed by atoms with van der Waals surface area (Å²) in [4.78, 5) is 10.9. The molecule has 0 atom stereocenters. The van der Waals surface area contributed by atoms with Gasteiger partial charge in [-0.25, -0.2) is 4.79 Å². The molecule has 0 aliphatic rings. The molecule has 0 fully saturated rings. The predicted octanol–water partition coefficient (Wildman–Crippen LogP) is -0.319. The molecule has 0 unspecified atom stereocenters. The molecule has 118 valence electrons. The van der Waals surface area contributed by atoms with Crippen LogP contribution in [-0.4, -0.2) is 51.7 Å². The van der Waals surface area contributed by atoms with Crippen molar-refractivity contribution in [1.82, 2.24) is 0 Å². The molecule has 4 N–H and O–H groups in total. The minimum absolute atomic E-state index is 0.340. The van der Waals surface area contributed by atoms with E-state index in [1.807, 2.05) is 0 Å². The molecule has 0 amide bonds. The second-order valence-electron chi connectivity index (χ2n) is 5.61. The fourth-order valence-electron chi connectivity index (χ4n) is 0.909. The zero-order chi connectivity index (χ0) is 16.8. The topological polar surface area (TPSA) is 107 Å². The first kappa shape index (κ1) is 19.6. The molecular formula is C14H23BO6. The first-order valence-corrected chi connectivity index (χ1v) is 6.39. The summed E-state index contributed by atoms with van der Waals surface area (Å²) in [7, 11) is -0.219. The van der Waals surface area contributed by atoms with E-state index in [1.54, 1.807) is 27.7 Å². The third-order valence-electron chi connectivity index (χ3n) is 3.13. The quantitative estimate of drug-likeness (QED) is 0.450. The lowest BCUT2D eigenvalue weighted by atomic mass is 9.80. The fraction of sp³-hybridized carbons (Fsp3) is 0.500. The van der Waals surface area contributed by atoms with Crippen LogP contribution in [0.5, 0.6) is 0 Å². The second kappa shape index (κ2) is 7.56. The first-order valence-electron chi connectivity index (χ1n) is 6.39. The van der Waals surface area contributed by atoms with E-state index in [1.165, 1.54) is 31.4 Å². The molecule has 0 saturated carbocycles. The van der Waals surface area contributed by atoms with E-state index in [0.29, 0.717) is 11.0 Å². The van der Waals surface area contributed by atoms with Gasteiger partial charge in [0.05, 0.1) is 23.9 Å². The Hall–Kier alpha value is -1.41. The van der Waals surface area contributed by atoms with Crippen molar-refractivity contribution in [1.29, 1.82) is 0 Å². The molecule has 0 radical (unpaired) electrons.